The molecule has 1 atom stereocenters. The second-order valence-electron chi connectivity index (χ2n) is 5.71. The topological polar surface area (TPSA) is 101 Å². The third-order valence-electron chi connectivity index (χ3n) is 3.93. The van der Waals surface area contributed by atoms with Crippen LogP contribution in [0.2, 0.25) is 0 Å². The second kappa shape index (κ2) is 6.72. The van der Waals surface area contributed by atoms with Gasteiger partial charge in [-0.1, -0.05) is 0 Å². The van der Waals surface area contributed by atoms with Gasteiger partial charge in [0.15, 0.2) is 0 Å². The number of rotatable bonds is 6. The Bertz CT molecular complexity index is 644. The van der Waals surface area contributed by atoms with E-state index in [2.05, 4.69) is 10.0 Å². The summed E-state index contributed by atoms with van der Waals surface area (Å²) < 4.78 is 27.5. The molecular weight excluding hydrogens is 306 g/mol. The zero-order valence-electron chi connectivity index (χ0n) is 12.8. The van der Waals surface area contributed by atoms with E-state index in [0.717, 1.165) is 25.9 Å². The fraction of sp³-hybridized carbons (Fsp3) is 0.571. The predicted molar refractivity (Wildman–Crippen MR) is 83.4 cm³/mol. The quantitative estimate of drug-likeness (QED) is 0.609. The van der Waals surface area contributed by atoms with Crippen molar-refractivity contribution in [3.8, 4) is 0 Å². The lowest BCUT2D eigenvalue weighted by Crippen LogP contribution is -2.28. The minimum atomic E-state index is -3.65. The van der Waals surface area contributed by atoms with Crippen molar-refractivity contribution in [2.24, 2.45) is 5.92 Å². The molecule has 2 N–H and O–H groups in total. The van der Waals surface area contributed by atoms with Crippen LogP contribution in [0.1, 0.15) is 24.0 Å². The van der Waals surface area contributed by atoms with E-state index in [1.807, 2.05) is 0 Å². The van der Waals surface area contributed by atoms with Gasteiger partial charge in [-0.25, -0.2) is 13.1 Å². The van der Waals surface area contributed by atoms with Crippen LogP contribution in [-0.2, 0) is 10.0 Å². The highest BCUT2D eigenvalue weighted by molar-refractivity contribution is 7.89. The zero-order valence-corrected chi connectivity index (χ0v) is 13.6. The normalized spacial score (nSPS) is 18.5. The third-order valence-corrected chi connectivity index (χ3v) is 5.70. The highest BCUT2D eigenvalue weighted by Gasteiger charge is 2.23. The Hall–Kier alpha value is -1.51. The maximum atomic E-state index is 12.4. The largest absolute Gasteiger partial charge is 0.316 e. The SMILES string of the molecule is Cc1cc([N+](=O)[O-])cc(C)c1S(=O)(=O)NCCC1CCNC1. The first kappa shape index (κ1) is 16.9. The summed E-state index contributed by atoms with van der Waals surface area (Å²) in [6.45, 7) is 5.45. The van der Waals surface area contributed by atoms with Crippen LogP contribution in [0.5, 0.6) is 0 Å². The molecule has 1 aliphatic rings. The number of hydrogen-bond acceptors (Lipinski definition) is 5. The lowest BCUT2D eigenvalue weighted by Gasteiger charge is -2.13. The first-order valence-corrected chi connectivity index (χ1v) is 8.75. The number of sulfonamides is 1. The molecule has 2 rings (SSSR count). The van der Waals surface area contributed by atoms with E-state index in [-0.39, 0.29) is 10.6 Å². The van der Waals surface area contributed by atoms with Crippen LogP contribution in [0.3, 0.4) is 0 Å². The fourth-order valence-corrected chi connectivity index (χ4v) is 4.38. The molecule has 1 unspecified atom stereocenters. The maximum absolute atomic E-state index is 12.4. The van der Waals surface area contributed by atoms with Crippen molar-refractivity contribution in [3.05, 3.63) is 33.4 Å². The molecule has 1 saturated heterocycles. The first-order chi connectivity index (χ1) is 10.3. The molecule has 1 aromatic rings. The van der Waals surface area contributed by atoms with Crippen molar-refractivity contribution in [1.29, 1.82) is 0 Å². The molecule has 0 aliphatic carbocycles. The highest BCUT2D eigenvalue weighted by atomic mass is 32.2. The summed E-state index contributed by atoms with van der Waals surface area (Å²) in [5.41, 5.74) is 0.689. The number of nitro benzene ring substituents is 1. The Morgan fingerprint density at radius 2 is 2.00 bits per heavy atom. The number of non-ortho nitro benzene ring substituents is 1. The van der Waals surface area contributed by atoms with Crippen molar-refractivity contribution in [1.82, 2.24) is 10.0 Å². The van der Waals surface area contributed by atoms with E-state index in [1.165, 1.54) is 12.1 Å². The van der Waals surface area contributed by atoms with Gasteiger partial charge >= 0.3 is 0 Å². The van der Waals surface area contributed by atoms with E-state index < -0.39 is 14.9 Å². The zero-order chi connectivity index (χ0) is 16.3. The monoisotopic (exact) mass is 327 g/mol. The first-order valence-electron chi connectivity index (χ1n) is 7.27. The molecule has 0 radical (unpaired) electrons. The molecule has 122 valence electrons. The van der Waals surface area contributed by atoms with Crippen LogP contribution in [0, 0.1) is 29.9 Å². The molecule has 7 nitrogen and oxygen atoms in total. The molecule has 1 aliphatic heterocycles. The summed E-state index contributed by atoms with van der Waals surface area (Å²) in [6, 6.07) is 2.59. The summed E-state index contributed by atoms with van der Waals surface area (Å²) in [4.78, 5) is 10.4. The number of aryl methyl sites for hydroxylation is 2. The molecule has 1 fully saturated rings. The molecule has 1 heterocycles. The Morgan fingerprint density at radius 3 is 2.50 bits per heavy atom. The van der Waals surface area contributed by atoms with Crippen LogP contribution >= 0.6 is 0 Å². The van der Waals surface area contributed by atoms with Crippen LogP contribution in [-0.4, -0.2) is 33.0 Å². The molecule has 8 heteroatoms. The second-order valence-corrected chi connectivity index (χ2v) is 7.41. The van der Waals surface area contributed by atoms with Gasteiger partial charge in [-0.15, -0.1) is 0 Å². The molecule has 1 aromatic carbocycles. The van der Waals surface area contributed by atoms with Crippen LogP contribution < -0.4 is 10.0 Å². The minimum absolute atomic E-state index is 0.0917. The van der Waals surface area contributed by atoms with E-state index in [4.69, 9.17) is 0 Å². The Labute approximate surface area is 130 Å². The molecule has 0 amide bonds. The van der Waals surface area contributed by atoms with Gasteiger partial charge in [0.2, 0.25) is 10.0 Å². The van der Waals surface area contributed by atoms with Crippen molar-refractivity contribution in [2.75, 3.05) is 19.6 Å². The number of hydrogen-bond donors (Lipinski definition) is 2. The van der Waals surface area contributed by atoms with Gasteiger partial charge in [0.05, 0.1) is 9.82 Å². The molecular formula is C14H21N3O4S. The minimum Gasteiger partial charge on any atom is -0.316 e. The fourth-order valence-electron chi connectivity index (χ4n) is 2.89. The lowest BCUT2D eigenvalue weighted by molar-refractivity contribution is -0.385. The number of nitro groups is 1. The van der Waals surface area contributed by atoms with Crippen molar-refractivity contribution in [2.45, 2.75) is 31.6 Å². The van der Waals surface area contributed by atoms with Gasteiger partial charge in [0.1, 0.15) is 0 Å². The average Bonchev–Trinajstić information content (AvgIpc) is 2.90. The predicted octanol–water partition coefficient (Wildman–Crippen LogP) is 1.49. The van der Waals surface area contributed by atoms with E-state index in [9.17, 15) is 18.5 Å². The summed E-state index contributed by atoms with van der Waals surface area (Å²) in [5.74, 6) is 0.502. The summed E-state index contributed by atoms with van der Waals surface area (Å²) in [6.07, 6.45) is 1.86. The maximum Gasteiger partial charge on any atom is 0.270 e. The number of nitrogens with zero attached hydrogens (tertiary/aromatic N) is 1. The Morgan fingerprint density at radius 1 is 1.36 bits per heavy atom. The summed E-state index contributed by atoms with van der Waals surface area (Å²) in [5, 5.41) is 14.1. The van der Waals surface area contributed by atoms with E-state index in [0.29, 0.717) is 23.6 Å². The van der Waals surface area contributed by atoms with Gasteiger partial charge in [0, 0.05) is 18.7 Å². The lowest BCUT2D eigenvalue weighted by atomic mass is 10.1. The smallest absolute Gasteiger partial charge is 0.270 e. The van der Waals surface area contributed by atoms with Crippen LogP contribution in [0.4, 0.5) is 5.69 Å². The van der Waals surface area contributed by atoms with E-state index in [1.54, 1.807) is 13.8 Å². The van der Waals surface area contributed by atoms with Crippen LogP contribution in [0.15, 0.2) is 17.0 Å². The van der Waals surface area contributed by atoms with Crippen molar-refractivity contribution in [3.63, 3.8) is 0 Å². The Kier molecular flexibility index (Phi) is 5.15. The van der Waals surface area contributed by atoms with Gasteiger partial charge in [0.25, 0.3) is 5.69 Å². The number of benzene rings is 1. The highest BCUT2D eigenvalue weighted by Crippen LogP contribution is 2.25. The molecule has 22 heavy (non-hydrogen) atoms. The molecule has 0 bridgehead atoms. The molecule has 0 aromatic heterocycles. The molecule has 0 saturated carbocycles. The molecule has 0 spiro atoms. The number of nitrogens with one attached hydrogen (secondary N) is 2. The summed E-state index contributed by atoms with van der Waals surface area (Å²) >= 11 is 0. The van der Waals surface area contributed by atoms with Gasteiger partial charge in [-0.2, -0.15) is 0 Å². The van der Waals surface area contributed by atoms with Gasteiger partial charge < -0.3 is 5.32 Å². The van der Waals surface area contributed by atoms with E-state index >= 15 is 0 Å². The van der Waals surface area contributed by atoms with Crippen molar-refractivity contribution < 1.29 is 13.3 Å². The standard InChI is InChI=1S/C14H21N3O4S/c1-10-7-13(17(18)19)8-11(2)14(10)22(20,21)16-6-4-12-3-5-15-9-12/h7-8,12,15-16H,3-6,9H2,1-2H3. The van der Waals surface area contributed by atoms with Crippen LogP contribution in [0.25, 0.3) is 0 Å². The van der Waals surface area contributed by atoms with Gasteiger partial charge in [-0.3, -0.25) is 10.1 Å². The summed E-state index contributed by atoms with van der Waals surface area (Å²) in [7, 11) is -3.65. The van der Waals surface area contributed by atoms with Gasteiger partial charge in [-0.05, 0) is 56.8 Å². The third kappa shape index (κ3) is 3.82. The average molecular weight is 327 g/mol. The Balaban J connectivity index is 2.13. The van der Waals surface area contributed by atoms with Crippen molar-refractivity contribution >= 4 is 15.7 Å².